The smallest absolute Gasteiger partial charge is 0.319 e. The first-order chi connectivity index (χ1) is 21.1. The van der Waals surface area contributed by atoms with Crippen LogP contribution in [0.4, 0.5) is 19.0 Å². The summed E-state index contributed by atoms with van der Waals surface area (Å²) in [4.78, 5) is 13.4. The number of nitrogens with two attached hydrogens (primary N) is 1. The highest BCUT2D eigenvalue weighted by Gasteiger charge is 2.49. The summed E-state index contributed by atoms with van der Waals surface area (Å²) >= 11 is 7.87. The third-order valence-corrected chi connectivity index (χ3v) is 11.6. The minimum atomic E-state index is -0.919. The van der Waals surface area contributed by atoms with Crippen LogP contribution in [0.5, 0.6) is 6.01 Å². The van der Waals surface area contributed by atoms with Gasteiger partial charge in [0.2, 0.25) is 0 Å². The summed E-state index contributed by atoms with van der Waals surface area (Å²) in [5, 5.41) is 13.2. The van der Waals surface area contributed by atoms with E-state index in [-0.39, 0.29) is 51.4 Å². The number of rotatable bonds is 7. The molecule has 4 aliphatic heterocycles. The molecule has 232 valence electrons. The molecule has 3 saturated heterocycles. The maximum absolute atomic E-state index is 16.9. The molecule has 1 aromatic heterocycles. The summed E-state index contributed by atoms with van der Waals surface area (Å²) in [6.45, 7) is 4.38. The van der Waals surface area contributed by atoms with Crippen molar-refractivity contribution in [3.05, 3.63) is 51.1 Å². The van der Waals surface area contributed by atoms with E-state index < -0.39 is 34.5 Å². The lowest BCUT2D eigenvalue weighted by Gasteiger charge is -2.39. The van der Waals surface area contributed by atoms with Crippen molar-refractivity contribution in [3.63, 3.8) is 0 Å². The van der Waals surface area contributed by atoms with E-state index in [2.05, 4.69) is 28.2 Å². The van der Waals surface area contributed by atoms with Crippen molar-refractivity contribution in [1.29, 1.82) is 5.26 Å². The van der Waals surface area contributed by atoms with Gasteiger partial charge in [-0.1, -0.05) is 29.4 Å². The lowest BCUT2D eigenvalue weighted by atomic mass is 9.81. The van der Waals surface area contributed by atoms with Gasteiger partial charge in [0, 0.05) is 49.0 Å². The van der Waals surface area contributed by atoms with Gasteiger partial charge in [0.05, 0.1) is 32.5 Å². The molecule has 0 amide bonds. The zero-order chi connectivity index (χ0) is 30.9. The zero-order valence-electron chi connectivity index (χ0n) is 24.4. The van der Waals surface area contributed by atoms with Gasteiger partial charge in [-0.05, 0) is 57.0 Å². The molecule has 44 heavy (non-hydrogen) atoms. The van der Waals surface area contributed by atoms with Crippen molar-refractivity contribution >= 4 is 45.7 Å². The Morgan fingerprint density at radius 2 is 2.16 bits per heavy atom. The lowest BCUT2D eigenvalue weighted by Crippen LogP contribution is -2.55. The number of likely N-dealkylation sites (N-methyl/N-ethyl adjacent to an activating group) is 1. The molecule has 0 saturated carbocycles. The average Bonchev–Trinajstić information content (AvgIpc) is 3.61. The van der Waals surface area contributed by atoms with E-state index in [0.29, 0.717) is 29.7 Å². The van der Waals surface area contributed by atoms with Crippen LogP contribution in [0, 0.1) is 23.1 Å². The highest BCUT2D eigenvalue weighted by Crippen LogP contribution is 2.53. The molecule has 13 heteroatoms. The number of thioether (sulfide) groups is 1. The summed E-state index contributed by atoms with van der Waals surface area (Å²) < 4.78 is 52.4. The predicted octanol–water partition coefficient (Wildman–Crippen LogP) is 5.24. The molecule has 5 heterocycles. The van der Waals surface area contributed by atoms with Crippen molar-refractivity contribution < 1.29 is 17.9 Å². The first-order valence-corrected chi connectivity index (χ1v) is 16.2. The van der Waals surface area contributed by atoms with Crippen molar-refractivity contribution in [3.8, 4) is 12.1 Å². The van der Waals surface area contributed by atoms with Gasteiger partial charge < -0.3 is 20.7 Å². The molecular weight excluding hydrogens is 611 g/mol. The first kappa shape index (κ1) is 29.7. The summed E-state index contributed by atoms with van der Waals surface area (Å²) in [7, 11) is 1.89. The molecule has 2 aromatic rings. The average molecular weight is 644 g/mol. The summed E-state index contributed by atoms with van der Waals surface area (Å²) in [6, 6.07) is 3.94. The third kappa shape index (κ3) is 4.66. The van der Waals surface area contributed by atoms with Gasteiger partial charge in [-0.15, -0.1) is 0 Å². The van der Waals surface area contributed by atoms with Gasteiger partial charge in [0.25, 0.3) is 0 Å². The van der Waals surface area contributed by atoms with Crippen LogP contribution < -0.4 is 20.7 Å². The number of aromatic nitrogens is 2. The second-order valence-corrected chi connectivity index (χ2v) is 14.0. The molecule has 5 aliphatic rings. The summed E-state index contributed by atoms with van der Waals surface area (Å²) in [5.41, 5.74) is 6.22. The number of alkyl halides is 1. The van der Waals surface area contributed by atoms with E-state index >= 15 is 4.39 Å². The minimum Gasteiger partial charge on any atom is -0.461 e. The molecule has 3 fully saturated rings. The number of ether oxygens (including phenoxy) is 1. The Morgan fingerprint density at radius 1 is 1.36 bits per heavy atom. The maximum Gasteiger partial charge on any atom is 0.319 e. The number of allylic oxidation sites excluding steroid dienone is 4. The van der Waals surface area contributed by atoms with Crippen LogP contribution in [0.2, 0.25) is 5.02 Å². The lowest BCUT2D eigenvalue weighted by molar-refractivity contribution is 0.107. The molecular formula is C31H33ClF3N7OS. The van der Waals surface area contributed by atoms with E-state index in [1.54, 1.807) is 6.07 Å². The van der Waals surface area contributed by atoms with E-state index in [9.17, 15) is 14.0 Å². The number of nitrogens with zero attached hydrogens (tertiary/aromatic N) is 5. The number of hydrogen-bond acceptors (Lipinski definition) is 9. The van der Waals surface area contributed by atoms with Crippen LogP contribution in [0.25, 0.3) is 16.5 Å². The fourth-order valence-electron chi connectivity index (χ4n) is 7.43. The second-order valence-electron chi connectivity index (χ2n) is 12.4. The van der Waals surface area contributed by atoms with Crippen LogP contribution in [0.1, 0.15) is 38.2 Å². The Morgan fingerprint density at radius 3 is 2.89 bits per heavy atom. The van der Waals surface area contributed by atoms with E-state index in [4.69, 9.17) is 27.1 Å². The van der Waals surface area contributed by atoms with Gasteiger partial charge in [-0.2, -0.15) is 15.2 Å². The third-order valence-electron chi connectivity index (χ3n) is 10.0. The molecule has 1 aromatic carbocycles. The van der Waals surface area contributed by atoms with Gasteiger partial charge in [-0.25, -0.2) is 13.2 Å². The molecule has 0 radical (unpaired) electrons. The van der Waals surface area contributed by atoms with E-state index in [1.807, 2.05) is 11.9 Å². The topological polar surface area (TPSA) is 103 Å². The Bertz CT molecular complexity index is 1670. The first-order valence-electron chi connectivity index (χ1n) is 14.9. The molecule has 1 aliphatic carbocycles. The standard InChI is InChI=1S/C31H33ClF3N7OS/c1-15(22-6-8-38-22)41(2)29-18-10-20(32)24(17-4-5-21(34)27-23(17)19(12-36)28(37)44-27)25(35)26(18)39-30(40-29)43-14-31-7-3-9-42(31)13-16(33)11-31/h4-5,10,15-16,22-23,27,38H,3,6-9,11,13-14,37H2,1-2H3/t15?,16-,22?,23?,27?,31?/m1/s1. The maximum atomic E-state index is 16.9. The van der Waals surface area contributed by atoms with Gasteiger partial charge in [0.15, 0.2) is 5.82 Å². The predicted molar refractivity (Wildman–Crippen MR) is 166 cm³/mol. The minimum absolute atomic E-state index is 0.00540. The van der Waals surface area contributed by atoms with Gasteiger partial charge in [0.1, 0.15) is 29.9 Å². The monoisotopic (exact) mass is 643 g/mol. The Hall–Kier alpha value is -2.98. The molecule has 5 unspecified atom stereocenters. The highest BCUT2D eigenvalue weighted by molar-refractivity contribution is 8.04. The van der Waals surface area contributed by atoms with Gasteiger partial charge in [-0.3, -0.25) is 4.90 Å². The second kappa shape index (κ2) is 11.1. The normalized spacial score (nSPS) is 30.4. The summed E-state index contributed by atoms with van der Waals surface area (Å²) in [6.07, 6.45) is 4.95. The van der Waals surface area contributed by atoms with E-state index in [0.717, 1.165) is 44.1 Å². The molecule has 8 nitrogen and oxygen atoms in total. The SMILES string of the molecule is CC(C1CCN1)N(C)c1nc(OCC23CCCN2C[C@H](F)C3)nc2c(F)c(C3=CC=C(F)C4SC(N)=C(C#N)C34)c(Cl)cc12. The molecule has 3 N–H and O–H groups in total. The van der Waals surface area contributed by atoms with Crippen molar-refractivity contribution in [2.45, 2.75) is 61.7 Å². The van der Waals surface area contributed by atoms with Crippen LogP contribution in [-0.4, -0.2) is 77.2 Å². The van der Waals surface area contributed by atoms with Crippen molar-refractivity contribution in [1.82, 2.24) is 20.2 Å². The molecule has 0 bridgehead atoms. The fraction of sp³-hybridized carbons (Fsp3) is 0.516. The molecule has 0 spiro atoms. The quantitative estimate of drug-likeness (QED) is 0.419. The van der Waals surface area contributed by atoms with Crippen molar-refractivity contribution in [2.24, 2.45) is 11.7 Å². The molecule has 6 atom stereocenters. The summed E-state index contributed by atoms with van der Waals surface area (Å²) in [5.74, 6) is -1.51. The zero-order valence-corrected chi connectivity index (χ0v) is 26.0. The number of fused-ring (bicyclic) bond motifs is 3. The number of benzene rings is 1. The Labute approximate surface area is 263 Å². The number of nitrogens with one attached hydrogen (secondary N) is 1. The number of nitriles is 1. The number of hydrogen-bond donors (Lipinski definition) is 2. The Kier molecular flexibility index (Phi) is 7.51. The van der Waals surface area contributed by atoms with E-state index in [1.165, 1.54) is 12.2 Å². The van der Waals surface area contributed by atoms with Crippen LogP contribution in [-0.2, 0) is 0 Å². The largest absolute Gasteiger partial charge is 0.461 e. The highest BCUT2D eigenvalue weighted by atomic mass is 35.5. The number of halogens is 4. The fourth-order valence-corrected chi connectivity index (χ4v) is 8.91. The van der Waals surface area contributed by atoms with Crippen LogP contribution >= 0.6 is 23.4 Å². The van der Waals surface area contributed by atoms with Crippen LogP contribution in [0.15, 0.2) is 34.6 Å². The van der Waals surface area contributed by atoms with Crippen LogP contribution in [0.3, 0.4) is 0 Å². The Balaban J connectivity index is 1.34. The van der Waals surface area contributed by atoms with Crippen molar-refractivity contribution in [2.75, 3.05) is 38.2 Å². The molecule has 7 rings (SSSR count). The van der Waals surface area contributed by atoms with Gasteiger partial charge >= 0.3 is 6.01 Å². The number of anilines is 1.